The standard InChI is InChI=1S/C21H28N4O4/c1-24(15-16-7-4-3-5-8-16)19(26)11-10-18-22-21(23-29-18)17-9-6-13-25(17)20(27)12-14-28-2/h3-5,7-8,17H,6,9-15H2,1-2H3. The second kappa shape index (κ2) is 10.2. The molecule has 0 bridgehead atoms. The molecule has 1 aliphatic rings. The van der Waals surface area contributed by atoms with Crippen LogP contribution in [0, 0.1) is 0 Å². The van der Waals surface area contributed by atoms with Gasteiger partial charge in [-0.3, -0.25) is 9.59 Å². The second-order valence-electron chi connectivity index (χ2n) is 7.27. The zero-order valence-corrected chi connectivity index (χ0v) is 17.0. The first-order valence-electron chi connectivity index (χ1n) is 9.97. The van der Waals surface area contributed by atoms with Gasteiger partial charge in [-0.05, 0) is 18.4 Å². The van der Waals surface area contributed by atoms with Crippen molar-refractivity contribution in [3.05, 3.63) is 47.6 Å². The molecule has 0 N–H and O–H groups in total. The minimum absolute atomic E-state index is 0.0193. The van der Waals surface area contributed by atoms with Gasteiger partial charge in [0.15, 0.2) is 5.82 Å². The van der Waals surface area contributed by atoms with Crippen molar-refractivity contribution in [3.8, 4) is 0 Å². The van der Waals surface area contributed by atoms with Gasteiger partial charge in [-0.2, -0.15) is 4.98 Å². The van der Waals surface area contributed by atoms with Crippen molar-refractivity contribution in [1.29, 1.82) is 0 Å². The van der Waals surface area contributed by atoms with E-state index in [0.717, 1.165) is 18.4 Å². The molecule has 8 heteroatoms. The Labute approximate surface area is 170 Å². The number of rotatable bonds is 9. The summed E-state index contributed by atoms with van der Waals surface area (Å²) < 4.78 is 10.3. The highest BCUT2D eigenvalue weighted by Gasteiger charge is 2.33. The summed E-state index contributed by atoms with van der Waals surface area (Å²) >= 11 is 0. The lowest BCUT2D eigenvalue weighted by Gasteiger charge is -2.22. The van der Waals surface area contributed by atoms with Gasteiger partial charge >= 0.3 is 0 Å². The van der Waals surface area contributed by atoms with Gasteiger partial charge in [0.05, 0.1) is 19.1 Å². The first-order chi connectivity index (χ1) is 14.1. The summed E-state index contributed by atoms with van der Waals surface area (Å²) in [6.07, 6.45) is 2.76. The molecule has 1 saturated heterocycles. The molecule has 2 heterocycles. The van der Waals surface area contributed by atoms with Gasteiger partial charge in [-0.25, -0.2) is 0 Å². The van der Waals surface area contributed by atoms with Gasteiger partial charge < -0.3 is 19.1 Å². The summed E-state index contributed by atoms with van der Waals surface area (Å²) in [5, 5.41) is 4.07. The molecule has 1 aromatic carbocycles. The first-order valence-corrected chi connectivity index (χ1v) is 9.97. The van der Waals surface area contributed by atoms with Gasteiger partial charge in [0.2, 0.25) is 17.7 Å². The summed E-state index contributed by atoms with van der Waals surface area (Å²) in [6.45, 7) is 1.66. The molecule has 0 spiro atoms. The molecular formula is C21H28N4O4. The SMILES string of the molecule is COCCC(=O)N1CCCC1c1noc(CCC(=O)N(C)Cc2ccccc2)n1. The van der Waals surface area contributed by atoms with Crippen LogP contribution in [0.5, 0.6) is 0 Å². The fourth-order valence-electron chi connectivity index (χ4n) is 3.52. The van der Waals surface area contributed by atoms with Gasteiger partial charge in [-0.1, -0.05) is 35.5 Å². The Bertz CT molecular complexity index is 808. The van der Waals surface area contributed by atoms with Gasteiger partial charge in [0, 0.05) is 40.1 Å². The molecule has 3 rings (SSSR count). The predicted octanol–water partition coefficient (Wildman–Crippen LogP) is 2.36. The fourth-order valence-corrected chi connectivity index (χ4v) is 3.52. The lowest BCUT2D eigenvalue weighted by atomic mass is 10.2. The van der Waals surface area contributed by atoms with E-state index in [1.54, 1.807) is 24.0 Å². The van der Waals surface area contributed by atoms with Crippen LogP contribution in [0.15, 0.2) is 34.9 Å². The largest absolute Gasteiger partial charge is 0.384 e. The van der Waals surface area contributed by atoms with E-state index in [1.165, 1.54) is 0 Å². The summed E-state index contributed by atoms with van der Waals surface area (Å²) in [6, 6.07) is 9.70. The third-order valence-corrected chi connectivity index (χ3v) is 5.12. The molecule has 1 atom stereocenters. The second-order valence-corrected chi connectivity index (χ2v) is 7.27. The number of amides is 2. The third kappa shape index (κ3) is 5.63. The van der Waals surface area contributed by atoms with Crippen molar-refractivity contribution in [2.45, 2.75) is 44.7 Å². The van der Waals surface area contributed by atoms with Crippen molar-refractivity contribution < 1.29 is 18.8 Å². The number of hydrogen-bond acceptors (Lipinski definition) is 6. The van der Waals surface area contributed by atoms with Crippen LogP contribution in [-0.4, -0.2) is 59.1 Å². The summed E-state index contributed by atoms with van der Waals surface area (Å²) in [7, 11) is 3.37. The number of carbonyl (C=O) groups is 2. The molecule has 0 aliphatic carbocycles. The van der Waals surface area contributed by atoms with E-state index >= 15 is 0 Å². The van der Waals surface area contributed by atoms with Crippen LogP contribution < -0.4 is 0 Å². The number of aryl methyl sites for hydroxylation is 1. The van der Waals surface area contributed by atoms with E-state index in [0.29, 0.717) is 50.7 Å². The molecular weight excluding hydrogens is 372 g/mol. The highest BCUT2D eigenvalue weighted by Crippen LogP contribution is 2.30. The van der Waals surface area contributed by atoms with Gasteiger partial charge in [0.1, 0.15) is 0 Å². The van der Waals surface area contributed by atoms with E-state index in [9.17, 15) is 9.59 Å². The Morgan fingerprint density at radius 3 is 2.83 bits per heavy atom. The highest BCUT2D eigenvalue weighted by atomic mass is 16.5. The van der Waals surface area contributed by atoms with Crippen LogP contribution in [0.25, 0.3) is 0 Å². The Kier molecular flexibility index (Phi) is 7.35. The zero-order chi connectivity index (χ0) is 20.6. The summed E-state index contributed by atoms with van der Waals surface area (Å²) in [5.74, 6) is 1.01. The number of aromatic nitrogens is 2. The van der Waals surface area contributed by atoms with Crippen molar-refractivity contribution in [3.63, 3.8) is 0 Å². The minimum atomic E-state index is -0.159. The average Bonchev–Trinajstić information content (AvgIpc) is 3.40. The van der Waals surface area contributed by atoms with E-state index in [2.05, 4.69) is 10.1 Å². The van der Waals surface area contributed by atoms with E-state index in [-0.39, 0.29) is 17.9 Å². The Morgan fingerprint density at radius 2 is 2.07 bits per heavy atom. The molecule has 1 aromatic heterocycles. The zero-order valence-electron chi connectivity index (χ0n) is 17.0. The van der Waals surface area contributed by atoms with Gasteiger partial charge in [-0.15, -0.1) is 0 Å². The molecule has 2 aromatic rings. The quantitative estimate of drug-likeness (QED) is 0.642. The third-order valence-electron chi connectivity index (χ3n) is 5.12. The number of methoxy groups -OCH3 is 1. The fraction of sp³-hybridized carbons (Fsp3) is 0.524. The smallest absolute Gasteiger partial charge is 0.227 e. The highest BCUT2D eigenvalue weighted by molar-refractivity contribution is 5.77. The van der Waals surface area contributed by atoms with E-state index in [4.69, 9.17) is 9.26 Å². The van der Waals surface area contributed by atoms with Crippen molar-refractivity contribution in [1.82, 2.24) is 19.9 Å². The number of carbonyl (C=O) groups excluding carboxylic acids is 2. The van der Waals surface area contributed by atoms with Crippen molar-refractivity contribution in [2.75, 3.05) is 27.3 Å². The van der Waals surface area contributed by atoms with Crippen molar-refractivity contribution in [2.24, 2.45) is 0 Å². The van der Waals surface area contributed by atoms with Crippen molar-refractivity contribution >= 4 is 11.8 Å². The number of benzene rings is 1. The van der Waals surface area contributed by atoms with Crippen LogP contribution in [-0.2, 0) is 27.3 Å². The van der Waals surface area contributed by atoms with Crippen LogP contribution in [0.2, 0.25) is 0 Å². The topological polar surface area (TPSA) is 88.8 Å². The average molecular weight is 400 g/mol. The maximum Gasteiger partial charge on any atom is 0.227 e. The number of hydrogen-bond donors (Lipinski definition) is 0. The Morgan fingerprint density at radius 1 is 1.28 bits per heavy atom. The van der Waals surface area contributed by atoms with Crippen LogP contribution >= 0.6 is 0 Å². The predicted molar refractivity (Wildman–Crippen MR) is 106 cm³/mol. The Hall–Kier alpha value is -2.74. The number of nitrogens with zero attached hydrogens (tertiary/aromatic N) is 4. The first kappa shape index (κ1) is 21.0. The molecule has 1 aliphatic heterocycles. The number of ether oxygens (including phenoxy) is 1. The molecule has 156 valence electrons. The normalized spacial score (nSPS) is 16.2. The van der Waals surface area contributed by atoms with E-state index in [1.807, 2.05) is 30.3 Å². The molecule has 0 radical (unpaired) electrons. The monoisotopic (exact) mass is 400 g/mol. The van der Waals surface area contributed by atoms with Crippen LogP contribution in [0.3, 0.4) is 0 Å². The Balaban J connectivity index is 1.52. The summed E-state index contributed by atoms with van der Waals surface area (Å²) in [5.41, 5.74) is 1.09. The van der Waals surface area contributed by atoms with E-state index < -0.39 is 0 Å². The van der Waals surface area contributed by atoms with Crippen LogP contribution in [0.1, 0.15) is 49.0 Å². The molecule has 8 nitrogen and oxygen atoms in total. The van der Waals surface area contributed by atoms with Gasteiger partial charge in [0.25, 0.3) is 0 Å². The molecule has 0 saturated carbocycles. The maximum absolute atomic E-state index is 12.4. The lowest BCUT2D eigenvalue weighted by Crippen LogP contribution is -2.31. The lowest BCUT2D eigenvalue weighted by molar-refractivity contribution is -0.133. The number of likely N-dealkylation sites (tertiary alicyclic amines) is 1. The molecule has 29 heavy (non-hydrogen) atoms. The molecule has 1 unspecified atom stereocenters. The van der Waals surface area contributed by atoms with Crippen LogP contribution in [0.4, 0.5) is 0 Å². The molecule has 1 fully saturated rings. The minimum Gasteiger partial charge on any atom is -0.384 e. The summed E-state index contributed by atoms with van der Waals surface area (Å²) in [4.78, 5) is 32.7. The molecule has 2 amide bonds. The maximum atomic E-state index is 12.4.